The Morgan fingerprint density at radius 2 is 1.57 bits per heavy atom. The minimum atomic E-state index is -0.552. The maximum atomic E-state index is 12.5. The molecule has 4 saturated carbocycles. The molecule has 1 amide bonds. The number of carbonyl (C=O) groups excluding carboxylic acids is 2. The second kappa shape index (κ2) is 6.50. The Bertz CT molecular complexity index is 917. The number of hydrogen-bond acceptors (Lipinski definition) is 4. The van der Waals surface area contributed by atoms with Crippen LogP contribution < -0.4 is 11.1 Å². The van der Waals surface area contributed by atoms with Gasteiger partial charge < -0.3 is 15.8 Å². The summed E-state index contributed by atoms with van der Waals surface area (Å²) in [6.07, 6.45) is 7.21. The van der Waals surface area contributed by atoms with Crippen molar-refractivity contribution in [3.05, 3.63) is 42.0 Å². The number of fused-ring (bicyclic) bond motifs is 1. The number of amides is 1. The molecule has 0 atom stereocenters. The van der Waals surface area contributed by atoms with Gasteiger partial charge in [0, 0.05) is 11.2 Å². The van der Waals surface area contributed by atoms with E-state index in [2.05, 4.69) is 5.32 Å². The van der Waals surface area contributed by atoms with Gasteiger partial charge in [0.1, 0.15) is 0 Å². The predicted octanol–water partition coefficient (Wildman–Crippen LogP) is 3.66. The molecule has 6 rings (SSSR count). The van der Waals surface area contributed by atoms with Crippen LogP contribution in [0.1, 0.15) is 48.9 Å². The van der Waals surface area contributed by atoms with Crippen molar-refractivity contribution in [2.75, 3.05) is 12.3 Å². The van der Waals surface area contributed by atoms with Crippen molar-refractivity contribution < 1.29 is 14.3 Å². The fraction of sp³-hybridized carbons (Fsp3) is 0.478. The molecule has 2 aromatic rings. The Kier molecular flexibility index (Phi) is 4.07. The quantitative estimate of drug-likeness (QED) is 0.628. The Morgan fingerprint density at radius 3 is 2.18 bits per heavy atom. The lowest BCUT2D eigenvalue weighted by Gasteiger charge is -2.56. The molecule has 0 radical (unpaired) electrons. The molecule has 5 heteroatoms. The molecule has 3 N–H and O–H groups in total. The summed E-state index contributed by atoms with van der Waals surface area (Å²) in [5.74, 6) is 1.52. The molecule has 0 aromatic heterocycles. The molecule has 0 spiro atoms. The number of carbonyl (C=O) groups is 2. The number of rotatable bonds is 4. The topological polar surface area (TPSA) is 81.4 Å². The zero-order valence-electron chi connectivity index (χ0n) is 15.9. The van der Waals surface area contributed by atoms with Crippen LogP contribution in [0.15, 0.2) is 36.4 Å². The average Bonchev–Trinajstić information content (AvgIpc) is 2.64. The van der Waals surface area contributed by atoms with Crippen LogP contribution in [0.2, 0.25) is 0 Å². The zero-order valence-corrected chi connectivity index (χ0v) is 15.9. The maximum Gasteiger partial charge on any atom is 0.340 e. The molecule has 0 unspecified atom stereocenters. The smallest absolute Gasteiger partial charge is 0.340 e. The molecule has 2 aromatic carbocycles. The lowest BCUT2D eigenvalue weighted by molar-refractivity contribution is -0.130. The summed E-state index contributed by atoms with van der Waals surface area (Å²) in [7, 11) is 0. The van der Waals surface area contributed by atoms with Crippen molar-refractivity contribution in [3.63, 3.8) is 0 Å². The lowest BCUT2D eigenvalue weighted by atomic mass is 9.53. The molecule has 4 aliphatic carbocycles. The number of hydrogen-bond donors (Lipinski definition) is 2. The van der Waals surface area contributed by atoms with Gasteiger partial charge in [-0.15, -0.1) is 0 Å². The van der Waals surface area contributed by atoms with E-state index in [1.807, 2.05) is 24.3 Å². The van der Waals surface area contributed by atoms with E-state index in [1.165, 1.54) is 19.3 Å². The van der Waals surface area contributed by atoms with Crippen LogP contribution in [0.5, 0.6) is 0 Å². The third kappa shape index (κ3) is 3.13. The van der Waals surface area contributed by atoms with Crippen molar-refractivity contribution in [3.8, 4) is 0 Å². The summed E-state index contributed by atoms with van der Waals surface area (Å²) in [5.41, 5.74) is 6.63. The Balaban J connectivity index is 1.23. The van der Waals surface area contributed by atoms with Crippen LogP contribution in [0.4, 0.5) is 5.69 Å². The molecular formula is C23H26N2O3. The van der Waals surface area contributed by atoms with Gasteiger partial charge in [-0.2, -0.15) is 0 Å². The second-order valence-corrected chi connectivity index (χ2v) is 9.11. The predicted molar refractivity (Wildman–Crippen MR) is 108 cm³/mol. The van der Waals surface area contributed by atoms with E-state index in [4.69, 9.17) is 10.5 Å². The van der Waals surface area contributed by atoms with Gasteiger partial charge in [-0.25, -0.2) is 4.79 Å². The second-order valence-electron chi connectivity index (χ2n) is 9.11. The number of nitrogens with one attached hydrogen (secondary N) is 1. The van der Waals surface area contributed by atoms with Gasteiger partial charge in [-0.3, -0.25) is 4.79 Å². The van der Waals surface area contributed by atoms with Gasteiger partial charge in [0.25, 0.3) is 5.91 Å². The van der Waals surface area contributed by atoms with Crippen molar-refractivity contribution in [2.45, 2.75) is 44.1 Å². The highest BCUT2D eigenvalue weighted by Crippen LogP contribution is 2.55. The minimum absolute atomic E-state index is 0.0692. The highest BCUT2D eigenvalue weighted by atomic mass is 16.5. The summed E-state index contributed by atoms with van der Waals surface area (Å²) in [4.78, 5) is 25.0. The van der Waals surface area contributed by atoms with Crippen molar-refractivity contribution in [2.24, 2.45) is 17.8 Å². The fourth-order valence-electron chi connectivity index (χ4n) is 6.24. The first-order valence-electron chi connectivity index (χ1n) is 10.3. The van der Waals surface area contributed by atoms with Crippen molar-refractivity contribution in [1.82, 2.24) is 5.32 Å². The molecule has 0 heterocycles. The van der Waals surface area contributed by atoms with E-state index in [0.29, 0.717) is 11.3 Å². The van der Waals surface area contributed by atoms with Crippen molar-refractivity contribution in [1.29, 1.82) is 0 Å². The van der Waals surface area contributed by atoms with Crippen LogP contribution >= 0.6 is 0 Å². The van der Waals surface area contributed by atoms with Gasteiger partial charge in [-0.05, 0) is 79.2 Å². The number of esters is 1. The van der Waals surface area contributed by atoms with Gasteiger partial charge in [0.15, 0.2) is 6.61 Å². The average molecular weight is 378 g/mol. The molecule has 28 heavy (non-hydrogen) atoms. The van der Waals surface area contributed by atoms with Crippen LogP contribution in [-0.2, 0) is 9.53 Å². The maximum absolute atomic E-state index is 12.5. The van der Waals surface area contributed by atoms with E-state index >= 15 is 0 Å². The molecule has 4 bridgehead atoms. The first kappa shape index (κ1) is 17.5. The summed E-state index contributed by atoms with van der Waals surface area (Å²) < 4.78 is 5.30. The number of ether oxygens (including phenoxy) is 1. The largest absolute Gasteiger partial charge is 0.452 e. The summed E-state index contributed by atoms with van der Waals surface area (Å²) in [6, 6.07) is 11.2. The standard InChI is InChI=1S/C23H26N2O3/c24-20-9-18-4-2-1-3-17(18)8-19(20)22(27)28-13-21(26)25-23-10-14-5-15(11-23)7-16(6-14)12-23/h1-4,8-9,14-16H,5-7,10-13,24H2,(H,25,26). The van der Waals surface area contributed by atoms with Gasteiger partial charge in [0.2, 0.25) is 0 Å². The molecule has 146 valence electrons. The number of benzene rings is 2. The lowest BCUT2D eigenvalue weighted by Crippen LogP contribution is -2.60. The van der Waals surface area contributed by atoms with Gasteiger partial charge in [0.05, 0.1) is 5.56 Å². The summed E-state index contributed by atoms with van der Waals surface area (Å²) in [5, 5.41) is 5.12. The first-order chi connectivity index (χ1) is 13.5. The SMILES string of the molecule is Nc1cc2ccccc2cc1C(=O)OCC(=O)NC12CC3CC(CC(C3)C1)C2. The third-order valence-corrected chi connectivity index (χ3v) is 6.91. The summed E-state index contributed by atoms with van der Waals surface area (Å²) in [6.45, 7) is -0.257. The fourth-order valence-corrected chi connectivity index (χ4v) is 6.24. The van der Waals surface area contributed by atoms with E-state index in [1.54, 1.807) is 12.1 Å². The number of nitrogen functional groups attached to an aromatic ring is 1. The molecule has 5 nitrogen and oxygen atoms in total. The molecule has 0 saturated heterocycles. The zero-order chi connectivity index (χ0) is 19.3. The highest BCUT2D eigenvalue weighted by molar-refractivity contribution is 6.01. The van der Waals surface area contributed by atoms with E-state index in [0.717, 1.165) is 47.8 Å². The van der Waals surface area contributed by atoms with Crippen LogP contribution in [0.25, 0.3) is 10.8 Å². The summed E-state index contributed by atoms with van der Waals surface area (Å²) >= 11 is 0. The van der Waals surface area contributed by atoms with Gasteiger partial charge in [-0.1, -0.05) is 24.3 Å². The van der Waals surface area contributed by atoms with Crippen molar-refractivity contribution >= 4 is 28.3 Å². The minimum Gasteiger partial charge on any atom is -0.452 e. The number of anilines is 1. The Hall–Kier alpha value is -2.56. The highest BCUT2D eigenvalue weighted by Gasteiger charge is 2.51. The van der Waals surface area contributed by atoms with Crippen LogP contribution in [0, 0.1) is 17.8 Å². The Labute approximate surface area is 164 Å². The van der Waals surface area contributed by atoms with E-state index in [9.17, 15) is 9.59 Å². The van der Waals surface area contributed by atoms with Gasteiger partial charge >= 0.3 is 5.97 Å². The molecular weight excluding hydrogens is 352 g/mol. The first-order valence-corrected chi connectivity index (χ1v) is 10.3. The number of nitrogens with two attached hydrogens (primary N) is 1. The molecule has 4 fully saturated rings. The van der Waals surface area contributed by atoms with Crippen LogP contribution in [0.3, 0.4) is 0 Å². The molecule has 4 aliphatic rings. The molecule has 0 aliphatic heterocycles. The monoisotopic (exact) mass is 378 g/mol. The third-order valence-electron chi connectivity index (χ3n) is 6.91. The van der Waals surface area contributed by atoms with E-state index < -0.39 is 5.97 Å². The van der Waals surface area contributed by atoms with Crippen LogP contribution in [-0.4, -0.2) is 24.0 Å². The normalized spacial score (nSPS) is 30.4. The Morgan fingerprint density at radius 1 is 1.00 bits per heavy atom. The van der Waals surface area contributed by atoms with E-state index in [-0.39, 0.29) is 18.1 Å².